The van der Waals surface area contributed by atoms with Crippen molar-refractivity contribution >= 4 is 22.7 Å². The van der Waals surface area contributed by atoms with Crippen LogP contribution in [-0.2, 0) is 0 Å². The van der Waals surface area contributed by atoms with Crippen molar-refractivity contribution in [1.82, 2.24) is 4.98 Å². The van der Waals surface area contributed by atoms with Crippen molar-refractivity contribution in [2.45, 2.75) is 13.8 Å². The van der Waals surface area contributed by atoms with E-state index in [-0.39, 0.29) is 12.4 Å². The number of benzene rings is 1. The highest BCUT2D eigenvalue weighted by Gasteiger charge is 2.10. The predicted molar refractivity (Wildman–Crippen MR) is 75.6 cm³/mol. The van der Waals surface area contributed by atoms with E-state index in [4.69, 9.17) is 4.74 Å². The fraction of sp³-hybridized carbons (Fsp3) is 0.231. The van der Waals surface area contributed by atoms with Crippen molar-refractivity contribution in [3.05, 3.63) is 40.4 Å². The minimum Gasteiger partial charge on any atom is -0.491 e. The van der Waals surface area contributed by atoms with Gasteiger partial charge in [0.1, 0.15) is 0 Å². The first-order chi connectivity index (χ1) is 9.60. The summed E-state index contributed by atoms with van der Waals surface area (Å²) in [5.41, 5.74) is 4.00. The summed E-state index contributed by atoms with van der Waals surface area (Å²) in [7, 11) is 0. The van der Waals surface area contributed by atoms with E-state index >= 15 is 0 Å². The Labute approximate surface area is 119 Å². The normalized spacial score (nSPS) is 11.0. The molecule has 0 unspecified atom stereocenters. The molecule has 1 aromatic heterocycles. The molecular weight excluding hydrogens is 284 g/mol. The Morgan fingerprint density at radius 3 is 2.90 bits per heavy atom. The summed E-state index contributed by atoms with van der Waals surface area (Å²) < 4.78 is 31.8. The SMILES string of the molecule is CCOc1cc(C=NNc2nc(C)cs2)cc(F)c1F. The number of aromatic nitrogens is 1. The molecule has 0 spiro atoms. The zero-order valence-corrected chi connectivity index (χ0v) is 11.8. The van der Waals surface area contributed by atoms with Gasteiger partial charge in [0.2, 0.25) is 10.9 Å². The Balaban J connectivity index is 2.12. The number of halogens is 2. The Kier molecular flexibility index (Phi) is 4.62. The van der Waals surface area contributed by atoms with Gasteiger partial charge in [-0.3, -0.25) is 5.43 Å². The number of nitrogens with zero attached hydrogens (tertiary/aromatic N) is 2. The minimum absolute atomic E-state index is 0.126. The van der Waals surface area contributed by atoms with Crippen molar-refractivity contribution in [1.29, 1.82) is 0 Å². The van der Waals surface area contributed by atoms with Crippen LogP contribution in [0.15, 0.2) is 22.6 Å². The van der Waals surface area contributed by atoms with Gasteiger partial charge in [-0.05, 0) is 26.0 Å². The second kappa shape index (κ2) is 6.42. The molecule has 0 aliphatic heterocycles. The number of ether oxygens (including phenoxy) is 1. The summed E-state index contributed by atoms with van der Waals surface area (Å²) in [6, 6.07) is 2.44. The van der Waals surface area contributed by atoms with Gasteiger partial charge in [-0.2, -0.15) is 9.49 Å². The Morgan fingerprint density at radius 1 is 1.45 bits per heavy atom. The average Bonchev–Trinajstić information content (AvgIpc) is 2.81. The van der Waals surface area contributed by atoms with Crippen molar-refractivity contribution in [3.8, 4) is 5.75 Å². The molecule has 0 atom stereocenters. The standard InChI is InChI=1S/C13H13F2N3OS/c1-3-19-11-5-9(4-10(14)12(11)15)6-16-18-13-17-8(2)7-20-13/h4-7H,3H2,1-2H3,(H,17,18). The lowest BCUT2D eigenvalue weighted by molar-refractivity contribution is 0.314. The lowest BCUT2D eigenvalue weighted by Crippen LogP contribution is -1.99. The zero-order chi connectivity index (χ0) is 14.5. The van der Waals surface area contributed by atoms with Crippen molar-refractivity contribution in [2.75, 3.05) is 12.0 Å². The number of thiazole rings is 1. The summed E-state index contributed by atoms with van der Waals surface area (Å²) >= 11 is 1.41. The highest BCUT2D eigenvalue weighted by atomic mass is 32.1. The van der Waals surface area contributed by atoms with E-state index in [9.17, 15) is 8.78 Å². The quantitative estimate of drug-likeness (QED) is 0.678. The lowest BCUT2D eigenvalue weighted by Gasteiger charge is -2.06. The van der Waals surface area contributed by atoms with E-state index in [1.165, 1.54) is 23.6 Å². The number of hydrogen-bond donors (Lipinski definition) is 1. The molecule has 0 amide bonds. The maximum atomic E-state index is 13.4. The molecule has 1 aromatic carbocycles. The van der Waals surface area contributed by atoms with Crippen LogP contribution >= 0.6 is 11.3 Å². The first-order valence-electron chi connectivity index (χ1n) is 5.93. The summed E-state index contributed by atoms with van der Waals surface area (Å²) in [5, 5.41) is 6.43. The van der Waals surface area contributed by atoms with Crippen LogP contribution in [0.2, 0.25) is 0 Å². The van der Waals surface area contributed by atoms with Gasteiger partial charge in [-0.1, -0.05) is 0 Å². The molecule has 0 fully saturated rings. The van der Waals surface area contributed by atoms with E-state index in [0.717, 1.165) is 11.8 Å². The molecule has 1 N–H and O–H groups in total. The molecule has 0 aliphatic rings. The third-order valence-corrected chi connectivity index (χ3v) is 3.17. The molecule has 4 nitrogen and oxygen atoms in total. The maximum absolute atomic E-state index is 13.4. The molecule has 20 heavy (non-hydrogen) atoms. The molecular formula is C13H13F2N3OS. The van der Waals surface area contributed by atoms with E-state index in [0.29, 0.717) is 10.7 Å². The smallest absolute Gasteiger partial charge is 0.203 e. The first kappa shape index (κ1) is 14.4. The Bertz CT molecular complexity index is 628. The van der Waals surface area contributed by atoms with Gasteiger partial charge in [-0.25, -0.2) is 9.37 Å². The predicted octanol–water partition coefficient (Wildman–Crippen LogP) is 3.57. The molecule has 0 saturated heterocycles. The summed E-state index contributed by atoms with van der Waals surface area (Å²) in [4.78, 5) is 4.16. The Hall–Kier alpha value is -2.02. The summed E-state index contributed by atoms with van der Waals surface area (Å²) in [6.07, 6.45) is 1.38. The van der Waals surface area contributed by atoms with Gasteiger partial charge in [-0.15, -0.1) is 11.3 Å². The van der Waals surface area contributed by atoms with Crippen LogP contribution in [-0.4, -0.2) is 17.8 Å². The largest absolute Gasteiger partial charge is 0.491 e. The minimum atomic E-state index is -0.993. The first-order valence-corrected chi connectivity index (χ1v) is 6.81. The number of hydrogen-bond acceptors (Lipinski definition) is 5. The van der Waals surface area contributed by atoms with Crippen molar-refractivity contribution < 1.29 is 13.5 Å². The second-order valence-corrected chi connectivity index (χ2v) is 4.77. The summed E-state index contributed by atoms with van der Waals surface area (Å²) in [5.74, 6) is -2.09. The van der Waals surface area contributed by atoms with E-state index in [1.54, 1.807) is 6.92 Å². The molecule has 1 heterocycles. The van der Waals surface area contributed by atoms with Crippen LogP contribution in [0.3, 0.4) is 0 Å². The highest BCUT2D eigenvalue weighted by molar-refractivity contribution is 7.13. The fourth-order valence-electron chi connectivity index (χ4n) is 1.49. The van der Waals surface area contributed by atoms with Gasteiger partial charge >= 0.3 is 0 Å². The zero-order valence-electron chi connectivity index (χ0n) is 11.0. The summed E-state index contributed by atoms with van der Waals surface area (Å²) in [6.45, 7) is 3.83. The van der Waals surface area contributed by atoms with Gasteiger partial charge in [0.25, 0.3) is 0 Å². The van der Waals surface area contributed by atoms with Crippen LogP contribution in [0.4, 0.5) is 13.9 Å². The number of hydrazone groups is 1. The van der Waals surface area contributed by atoms with Crippen LogP contribution < -0.4 is 10.2 Å². The Morgan fingerprint density at radius 2 is 2.25 bits per heavy atom. The number of rotatable bonds is 5. The van der Waals surface area contributed by atoms with Crippen molar-refractivity contribution in [2.24, 2.45) is 5.10 Å². The maximum Gasteiger partial charge on any atom is 0.203 e. The number of nitrogens with one attached hydrogen (secondary N) is 1. The van der Waals surface area contributed by atoms with E-state index in [1.807, 2.05) is 12.3 Å². The lowest BCUT2D eigenvalue weighted by atomic mass is 10.2. The molecule has 2 aromatic rings. The molecule has 0 radical (unpaired) electrons. The third kappa shape index (κ3) is 3.51. The topological polar surface area (TPSA) is 46.5 Å². The van der Waals surface area contributed by atoms with Gasteiger partial charge in [0, 0.05) is 10.9 Å². The van der Waals surface area contributed by atoms with Crippen LogP contribution in [0.5, 0.6) is 5.75 Å². The van der Waals surface area contributed by atoms with Crippen LogP contribution in [0.25, 0.3) is 0 Å². The molecule has 0 saturated carbocycles. The molecule has 0 aliphatic carbocycles. The number of aryl methyl sites for hydroxylation is 1. The number of anilines is 1. The van der Waals surface area contributed by atoms with E-state index < -0.39 is 11.6 Å². The monoisotopic (exact) mass is 297 g/mol. The molecule has 106 valence electrons. The third-order valence-electron chi connectivity index (χ3n) is 2.31. The fourth-order valence-corrected chi connectivity index (χ4v) is 2.12. The molecule has 0 bridgehead atoms. The van der Waals surface area contributed by atoms with Gasteiger partial charge in [0.15, 0.2) is 11.6 Å². The van der Waals surface area contributed by atoms with Crippen LogP contribution in [0.1, 0.15) is 18.2 Å². The van der Waals surface area contributed by atoms with E-state index in [2.05, 4.69) is 15.5 Å². The van der Waals surface area contributed by atoms with Gasteiger partial charge < -0.3 is 4.74 Å². The molecule has 2 rings (SSSR count). The second-order valence-electron chi connectivity index (χ2n) is 3.91. The van der Waals surface area contributed by atoms with Crippen LogP contribution in [0, 0.1) is 18.6 Å². The molecule has 7 heteroatoms. The average molecular weight is 297 g/mol. The van der Waals surface area contributed by atoms with Gasteiger partial charge in [0.05, 0.1) is 18.5 Å². The highest BCUT2D eigenvalue weighted by Crippen LogP contribution is 2.21. The van der Waals surface area contributed by atoms with Crippen molar-refractivity contribution in [3.63, 3.8) is 0 Å².